The minimum absolute atomic E-state index is 0.350. The molecule has 0 spiro atoms. The number of hydrogen-bond acceptors (Lipinski definition) is 0. The van der Waals surface area contributed by atoms with E-state index >= 15 is 0 Å². The largest absolute Gasteiger partial charge is 0.309 e. The molecule has 14 rings (SSSR count). The summed E-state index contributed by atoms with van der Waals surface area (Å²) in [6.45, 7) is 0. The van der Waals surface area contributed by atoms with Crippen LogP contribution >= 0.6 is 0 Å². The number of rotatable bonds is 10. The van der Waals surface area contributed by atoms with Gasteiger partial charge in [-0.3, -0.25) is 0 Å². The van der Waals surface area contributed by atoms with Crippen molar-refractivity contribution in [3.63, 3.8) is 0 Å². The second kappa shape index (κ2) is 16.0. The Kier molecular flexibility index (Phi) is 9.57. The van der Waals surface area contributed by atoms with Crippen LogP contribution < -0.4 is 0 Å². The predicted molar refractivity (Wildman–Crippen MR) is 277 cm³/mol. The van der Waals surface area contributed by atoms with E-state index < -0.39 is 10.8 Å². The molecular weight excluding hydrogens is 807 g/mol. The average Bonchev–Trinajstić information content (AvgIpc) is 3.72. The van der Waals surface area contributed by atoms with Crippen LogP contribution in [0.1, 0.15) is 88.6 Å². The zero-order valence-electron chi connectivity index (χ0n) is 38.0. The molecule has 10 aromatic rings. The first kappa shape index (κ1) is 40.1. The first-order valence-electron chi connectivity index (χ1n) is 24.7. The number of fused-ring (bicyclic) bond motifs is 3. The molecule has 4 aliphatic carbocycles. The van der Waals surface area contributed by atoms with Crippen LogP contribution in [-0.4, -0.2) is 4.57 Å². The van der Waals surface area contributed by atoms with Crippen molar-refractivity contribution in [3.05, 3.63) is 293 Å². The van der Waals surface area contributed by atoms with Gasteiger partial charge in [-0.15, -0.1) is 0 Å². The first-order chi connectivity index (χ1) is 33.1. The van der Waals surface area contributed by atoms with Gasteiger partial charge in [-0.1, -0.05) is 206 Å². The lowest BCUT2D eigenvalue weighted by Crippen LogP contribution is -2.48. The van der Waals surface area contributed by atoms with Gasteiger partial charge in [-0.25, -0.2) is 0 Å². The van der Waals surface area contributed by atoms with E-state index in [0.29, 0.717) is 5.41 Å². The van der Waals surface area contributed by atoms with Gasteiger partial charge >= 0.3 is 0 Å². The van der Waals surface area contributed by atoms with Crippen molar-refractivity contribution in [1.82, 2.24) is 4.57 Å². The number of benzene rings is 9. The van der Waals surface area contributed by atoms with Crippen LogP contribution in [0, 0.1) is 17.8 Å². The smallest absolute Gasteiger partial charge is 0.0701 e. The van der Waals surface area contributed by atoms with Gasteiger partial charge in [-0.2, -0.15) is 0 Å². The second-order valence-electron chi connectivity index (χ2n) is 20.2. The molecule has 4 aliphatic rings. The highest BCUT2D eigenvalue weighted by Crippen LogP contribution is 2.61. The molecule has 9 aromatic carbocycles. The van der Waals surface area contributed by atoms with Crippen molar-refractivity contribution in [1.29, 1.82) is 0 Å². The van der Waals surface area contributed by atoms with Crippen LogP contribution in [0.25, 0.3) is 27.5 Å². The van der Waals surface area contributed by atoms with E-state index in [-0.39, 0.29) is 0 Å². The third-order valence-electron chi connectivity index (χ3n) is 16.6. The lowest BCUT2D eigenvalue weighted by molar-refractivity contribution is -0.00518. The fourth-order valence-electron chi connectivity index (χ4n) is 14.3. The van der Waals surface area contributed by atoms with E-state index in [2.05, 4.69) is 247 Å². The van der Waals surface area contributed by atoms with Crippen LogP contribution in [0.2, 0.25) is 0 Å². The molecule has 1 aromatic heterocycles. The van der Waals surface area contributed by atoms with Gasteiger partial charge in [0.15, 0.2) is 0 Å². The van der Waals surface area contributed by atoms with Crippen molar-refractivity contribution >= 4 is 21.8 Å². The Morgan fingerprint density at radius 1 is 0.313 bits per heavy atom. The van der Waals surface area contributed by atoms with E-state index in [1.54, 1.807) is 5.56 Å². The van der Waals surface area contributed by atoms with Crippen LogP contribution in [0.5, 0.6) is 0 Å². The highest BCUT2D eigenvalue weighted by atomic mass is 15.0. The molecule has 0 atom stereocenters. The van der Waals surface area contributed by atoms with Gasteiger partial charge in [-0.05, 0) is 148 Å². The molecule has 4 saturated carbocycles. The van der Waals surface area contributed by atoms with Crippen molar-refractivity contribution in [2.75, 3.05) is 0 Å². The Labute approximate surface area is 395 Å². The summed E-state index contributed by atoms with van der Waals surface area (Å²) in [4.78, 5) is 0. The predicted octanol–water partition coefficient (Wildman–Crippen LogP) is 16.0. The molecule has 4 bridgehead atoms. The maximum Gasteiger partial charge on any atom is 0.0701 e. The van der Waals surface area contributed by atoms with Crippen LogP contribution in [0.15, 0.2) is 243 Å². The topological polar surface area (TPSA) is 4.93 Å². The zero-order valence-corrected chi connectivity index (χ0v) is 38.0. The molecule has 1 nitrogen and oxygen atoms in total. The van der Waals surface area contributed by atoms with Gasteiger partial charge in [0.05, 0.1) is 21.9 Å². The Hall–Kier alpha value is -7.22. The van der Waals surface area contributed by atoms with Crippen LogP contribution in [0.3, 0.4) is 0 Å². The number of hydrogen-bond donors (Lipinski definition) is 0. The molecule has 0 saturated heterocycles. The minimum Gasteiger partial charge on any atom is -0.309 e. The Morgan fingerprint density at radius 2 is 0.612 bits per heavy atom. The van der Waals surface area contributed by atoms with Gasteiger partial charge < -0.3 is 4.57 Å². The molecule has 67 heavy (non-hydrogen) atoms. The van der Waals surface area contributed by atoms with E-state index in [4.69, 9.17) is 0 Å². The molecule has 0 N–H and O–H groups in total. The molecular formula is C66H55N. The normalized spacial score (nSPS) is 20.1. The number of nitrogens with zero attached hydrogens (tertiary/aromatic N) is 1. The van der Waals surface area contributed by atoms with Crippen LogP contribution in [-0.2, 0) is 16.2 Å². The molecule has 0 amide bonds. The minimum atomic E-state index is -0.578. The Balaban J connectivity index is 1.09. The lowest BCUT2D eigenvalue weighted by atomic mass is 9.48. The first-order valence-corrected chi connectivity index (χ1v) is 24.7. The van der Waals surface area contributed by atoms with Crippen molar-refractivity contribution in [2.24, 2.45) is 17.8 Å². The fraction of sp³-hybridized carbons (Fsp3) is 0.182. The number of aromatic nitrogens is 1. The molecule has 1 heterocycles. The van der Waals surface area contributed by atoms with E-state index in [0.717, 1.165) is 17.8 Å². The van der Waals surface area contributed by atoms with E-state index in [9.17, 15) is 0 Å². The molecule has 4 fully saturated rings. The average molecular weight is 862 g/mol. The summed E-state index contributed by atoms with van der Waals surface area (Å²) in [6, 6.07) is 91.5. The molecule has 0 aliphatic heterocycles. The highest BCUT2D eigenvalue weighted by molar-refractivity contribution is 6.10. The lowest BCUT2D eigenvalue weighted by Gasteiger charge is -2.57. The summed E-state index contributed by atoms with van der Waals surface area (Å²) in [6.07, 6.45) is 8.50. The SMILES string of the molecule is c1ccc(C(c2ccccc2)(c2ccccc2)c2ccc3c(c2)c2cc(C(c4ccccc4)(c4ccccc4)c4ccccc4)ccc2n3-c2ccc(C34CC5CC(CC(C5)C3)C4)cc2)cc1. The molecule has 1 heteroatoms. The van der Waals surface area contributed by atoms with Crippen LogP contribution in [0.4, 0.5) is 0 Å². The Bertz CT molecular complexity index is 2920. The Morgan fingerprint density at radius 3 is 0.910 bits per heavy atom. The summed E-state index contributed by atoms with van der Waals surface area (Å²) < 4.78 is 2.55. The third kappa shape index (κ3) is 6.28. The van der Waals surface area contributed by atoms with Crippen molar-refractivity contribution < 1.29 is 0 Å². The highest BCUT2D eigenvalue weighted by Gasteiger charge is 2.51. The molecule has 324 valence electrons. The molecule has 0 radical (unpaired) electrons. The molecule has 0 unspecified atom stereocenters. The maximum absolute atomic E-state index is 2.55. The summed E-state index contributed by atoms with van der Waals surface area (Å²) in [7, 11) is 0. The second-order valence-corrected chi connectivity index (χ2v) is 20.2. The summed E-state index contributed by atoms with van der Waals surface area (Å²) in [5, 5.41) is 2.49. The van der Waals surface area contributed by atoms with Crippen molar-refractivity contribution in [2.45, 2.75) is 54.8 Å². The summed E-state index contributed by atoms with van der Waals surface area (Å²) >= 11 is 0. The quantitative estimate of drug-likeness (QED) is 0.121. The van der Waals surface area contributed by atoms with Gasteiger partial charge in [0.2, 0.25) is 0 Å². The van der Waals surface area contributed by atoms with Gasteiger partial charge in [0.1, 0.15) is 0 Å². The van der Waals surface area contributed by atoms with Gasteiger partial charge in [0.25, 0.3) is 0 Å². The van der Waals surface area contributed by atoms with E-state index in [1.807, 2.05) is 0 Å². The van der Waals surface area contributed by atoms with Crippen molar-refractivity contribution in [3.8, 4) is 5.69 Å². The monoisotopic (exact) mass is 861 g/mol. The van der Waals surface area contributed by atoms with E-state index in [1.165, 1.54) is 111 Å². The zero-order chi connectivity index (χ0) is 44.4. The third-order valence-corrected chi connectivity index (χ3v) is 16.6. The maximum atomic E-state index is 2.55. The summed E-state index contributed by atoms with van der Waals surface area (Å²) in [5.41, 5.74) is 14.3. The summed E-state index contributed by atoms with van der Waals surface area (Å²) in [5.74, 6) is 2.74. The standard InChI is InChI=1S/C66H55N/c1-7-19-51(20-8-1)65(52-21-9-2-10-22-52,53-23-11-3-12-24-53)57-33-37-62-60(42-57)61-43-58(66(54-25-13-4-14-26-54,55-27-15-5-16-28-55)56-29-17-6-18-30-56)34-38-63(61)67(62)59-35-31-50(32-36-59)64-44-47-39-48(45-64)41-49(40-47)46-64/h1-38,42-43,47-49H,39-41,44-46H2. The fourth-order valence-corrected chi connectivity index (χ4v) is 14.3. The van der Waals surface area contributed by atoms with Gasteiger partial charge in [0, 0.05) is 16.5 Å².